The molecule has 1 atom stereocenters. The third-order valence-corrected chi connectivity index (χ3v) is 4.43. The number of nitrogens with one attached hydrogen (secondary N) is 1. The van der Waals surface area contributed by atoms with Gasteiger partial charge < -0.3 is 14.8 Å². The van der Waals surface area contributed by atoms with Crippen LogP contribution in [0.15, 0.2) is 17.6 Å². The molecule has 1 aliphatic heterocycles. The first-order valence-electron chi connectivity index (χ1n) is 7.26. The molecule has 3 rings (SSSR count). The maximum atomic E-state index is 12.4. The number of benzene rings is 1. The smallest absolute Gasteiger partial charge is 0.267 e. The highest BCUT2D eigenvalue weighted by molar-refractivity contribution is 7.12. The van der Waals surface area contributed by atoms with Crippen LogP contribution in [0.2, 0.25) is 0 Å². The van der Waals surface area contributed by atoms with Crippen LogP contribution in [0.25, 0.3) is 0 Å². The third kappa shape index (κ3) is 2.78. The van der Waals surface area contributed by atoms with E-state index in [-0.39, 0.29) is 12.0 Å². The Hall–Kier alpha value is -2.08. The van der Waals surface area contributed by atoms with Crippen LogP contribution in [0.1, 0.15) is 34.8 Å². The number of aryl methyl sites for hydroxylation is 1. The van der Waals surface area contributed by atoms with Gasteiger partial charge in [0.05, 0.1) is 23.5 Å². The second kappa shape index (κ2) is 5.96. The molecule has 1 aromatic heterocycles. The summed E-state index contributed by atoms with van der Waals surface area (Å²) in [4.78, 5) is 17.1. The van der Waals surface area contributed by atoms with Crippen molar-refractivity contribution in [1.82, 2.24) is 4.98 Å². The first-order chi connectivity index (χ1) is 10.6. The third-order valence-electron chi connectivity index (χ3n) is 3.50. The highest BCUT2D eigenvalue weighted by Crippen LogP contribution is 2.38. The van der Waals surface area contributed by atoms with E-state index in [0.29, 0.717) is 22.9 Å². The van der Waals surface area contributed by atoms with E-state index < -0.39 is 0 Å². The van der Waals surface area contributed by atoms with Gasteiger partial charge in [-0.05, 0) is 26.8 Å². The minimum Gasteiger partial charge on any atom is -0.492 e. The number of amides is 1. The van der Waals surface area contributed by atoms with E-state index in [1.165, 1.54) is 11.3 Å². The fourth-order valence-electron chi connectivity index (χ4n) is 2.51. The molecule has 1 aliphatic rings. The second-order valence-corrected chi connectivity index (χ2v) is 6.10. The van der Waals surface area contributed by atoms with Gasteiger partial charge in [0.15, 0.2) is 0 Å². The highest BCUT2D eigenvalue weighted by atomic mass is 32.1. The monoisotopic (exact) mass is 318 g/mol. The molecule has 2 aromatic rings. The summed E-state index contributed by atoms with van der Waals surface area (Å²) in [6, 6.07) is 3.80. The molecular weight excluding hydrogens is 300 g/mol. The summed E-state index contributed by atoms with van der Waals surface area (Å²) in [5.74, 6) is 1.31. The Balaban J connectivity index is 1.91. The molecule has 0 spiro atoms. The Morgan fingerprint density at radius 1 is 1.55 bits per heavy atom. The van der Waals surface area contributed by atoms with Gasteiger partial charge in [0, 0.05) is 18.1 Å². The molecule has 5 nitrogen and oxygen atoms in total. The van der Waals surface area contributed by atoms with Gasteiger partial charge >= 0.3 is 0 Å². The van der Waals surface area contributed by atoms with Crippen molar-refractivity contribution in [1.29, 1.82) is 0 Å². The van der Waals surface area contributed by atoms with Crippen LogP contribution in [0.4, 0.5) is 5.69 Å². The molecule has 1 amide bonds. The van der Waals surface area contributed by atoms with Crippen LogP contribution >= 0.6 is 11.3 Å². The van der Waals surface area contributed by atoms with E-state index in [4.69, 9.17) is 9.47 Å². The lowest BCUT2D eigenvalue weighted by Gasteiger charge is -2.13. The van der Waals surface area contributed by atoms with Crippen LogP contribution in [0, 0.1) is 6.92 Å². The summed E-state index contributed by atoms with van der Waals surface area (Å²) in [5, 5.41) is 2.91. The summed E-state index contributed by atoms with van der Waals surface area (Å²) in [6.45, 7) is 6.31. The Morgan fingerprint density at radius 3 is 3.05 bits per heavy atom. The number of anilines is 1. The summed E-state index contributed by atoms with van der Waals surface area (Å²) in [6.07, 6.45) is 1.01. The number of rotatable bonds is 4. The van der Waals surface area contributed by atoms with Crippen LogP contribution in [0.3, 0.4) is 0 Å². The molecule has 22 heavy (non-hydrogen) atoms. The van der Waals surface area contributed by atoms with Gasteiger partial charge in [-0.2, -0.15) is 0 Å². The molecule has 0 saturated heterocycles. The van der Waals surface area contributed by atoms with Gasteiger partial charge in [-0.25, -0.2) is 4.98 Å². The molecular formula is C16H18N2O3S. The van der Waals surface area contributed by atoms with E-state index >= 15 is 0 Å². The molecule has 1 N–H and O–H groups in total. The van der Waals surface area contributed by atoms with Gasteiger partial charge in [-0.1, -0.05) is 0 Å². The van der Waals surface area contributed by atoms with Crippen LogP contribution in [0.5, 0.6) is 11.5 Å². The minimum atomic E-state index is -0.174. The predicted molar refractivity (Wildman–Crippen MR) is 86.2 cm³/mol. The summed E-state index contributed by atoms with van der Waals surface area (Å²) >= 11 is 1.33. The maximum absolute atomic E-state index is 12.4. The van der Waals surface area contributed by atoms with Crippen molar-refractivity contribution < 1.29 is 14.3 Å². The predicted octanol–water partition coefficient (Wildman–Crippen LogP) is 3.43. The average molecular weight is 318 g/mol. The van der Waals surface area contributed by atoms with Gasteiger partial charge in [0.1, 0.15) is 22.5 Å². The van der Waals surface area contributed by atoms with Crippen molar-refractivity contribution in [3.8, 4) is 11.5 Å². The topological polar surface area (TPSA) is 60.5 Å². The van der Waals surface area contributed by atoms with Gasteiger partial charge in [-0.3, -0.25) is 4.79 Å². The minimum absolute atomic E-state index is 0.152. The summed E-state index contributed by atoms with van der Waals surface area (Å²) in [5.41, 5.74) is 4.14. The number of nitrogens with zero attached hydrogens (tertiary/aromatic N) is 1. The zero-order chi connectivity index (χ0) is 15.7. The van der Waals surface area contributed by atoms with Crippen LogP contribution < -0.4 is 14.8 Å². The van der Waals surface area contributed by atoms with Crippen LogP contribution in [-0.2, 0) is 6.42 Å². The quantitative estimate of drug-likeness (QED) is 0.938. The molecule has 2 heterocycles. The molecule has 1 unspecified atom stereocenters. The largest absolute Gasteiger partial charge is 0.492 e. The highest BCUT2D eigenvalue weighted by Gasteiger charge is 2.23. The Kier molecular flexibility index (Phi) is 4.02. The first-order valence-corrected chi connectivity index (χ1v) is 8.14. The van der Waals surface area contributed by atoms with Crippen molar-refractivity contribution in [3.63, 3.8) is 0 Å². The van der Waals surface area contributed by atoms with Crippen LogP contribution in [-0.4, -0.2) is 23.6 Å². The number of ether oxygens (including phenoxy) is 2. The van der Waals surface area contributed by atoms with Crippen molar-refractivity contribution in [2.75, 3.05) is 11.9 Å². The first kappa shape index (κ1) is 14.8. The van der Waals surface area contributed by atoms with Gasteiger partial charge in [0.2, 0.25) is 0 Å². The maximum Gasteiger partial charge on any atom is 0.267 e. The Morgan fingerprint density at radius 2 is 2.36 bits per heavy atom. The lowest BCUT2D eigenvalue weighted by atomic mass is 10.1. The number of carbonyl (C=O) groups is 1. The summed E-state index contributed by atoms with van der Waals surface area (Å²) in [7, 11) is 0. The fraction of sp³-hybridized carbons (Fsp3) is 0.375. The number of aromatic nitrogens is 1. The van der Waals surface area contributed by atoms with Crippen molar-refractivity contribution in [2.24, 2.45) is 0 Å². The van der Waals surface area contributed by atoms with E-state index in [1.807, 2.05) is 32.9 Å². The van der Waals surface area contributed by atoms with E-state index in [0.717, 1.165) is 23.4 Å². The van der Waals surface area contributed by atoms with E-state index in [2.05, 4.69) is 10.3 Å². The van der Waals surface area contributed by atoms with Crippen molar-refractivity contribution in [3.05, 3.63) is 33.8 Å². The number of hydrogen-bond acceptors (Lipinski definition) is 5. The molecule has 0 radical (unpaired) electrons. The molecule has 116 valence electrons. The summed E-state index contributed by atoms with van der Waals surface area (Å²) < 4.78 is 11.4. The number of carbonyl (C=O) groups excluding carboxylic acids is 1. The fourth-order valence-corrected chi connectivity index (χ4v) is 3.21. The lowest BCUT2D eigenvalue weighted by molar-refractivity contribution is 0.102. The van der Waals surface area contributed by atoms with E-state index in [1.54, 1.807) is 5.51 Å². The van der Waals surface area contributed by atoms with Gasteiger partial charge in [0.25, 0.3) is 5.91 Å². The molecule has 0 saturated carbocycles. The Bertz CT molecular complexity index is 711. The molecule has 0 bridgehead atoms. The normalized spacial score (nSPS) is 16.0. The zero-order valence-electron chi connectivity index (χ0n) is 12.8. The SMILES string of the molecule is CCOc1cc2c(cc1NC(=O)c1scnc1C)OC(C)C2. The second-order valence-electron chi connectivity index (χ2n) is 5.24. The molecule has 0 fully saturated rings. The Labute approximate surface area is 133 Å². The average Bonchev–Trinajstić information content (AvgIpc) is 3.04. The number of fused-ring (bicyclic) bond motifs is 1. The lowest BCUT2D eigenvalue weighted by Crippen LogP contribution is -2.13. The van der Waals surface area contributed by atoms with Crippen molar-refractivity contribution in [2.45, 2.75) is 33.3 Å². The molecule has 1 aromatic carbocycles. The van der Waals surface area contributed by atoms with E-state index in [9.17, 15) is 4.79 Å². The standard InChI is InChI=1S/C16H18N2O3S/c1-4-20-14-6-11-5-9(2)21-13(11)7-12(14)18-16(19)15-10(3)17-8-22-15/h6-9H,4-5H2,1-3H3,(H,18,19). The van der Waals surface area contributed by atoms with Gasteiger partial charge in [-0.15, -0.1) is 11.3 Å². The molecule has 6 heteroatoms. The number of hydrogen-bond donors (Lipinski definition) is 1. The number of thiazole rings is 1. The zero-order valence-corrected chi connectivity index (χ0v) is 13.6. The molecule has 0 aliphatic carbocycles. The van der Waals surface area contributed by atoms with Crippen molar-refractivity contribution >= 4 is 22.9 Å².